The maximum Gasteiger partial charge on any atom is 0.323 e. The number of carbonyl (C=O) groups is 2. The maximum atomic E-state index is 12.9. The summed E-state index contributed by atoms with van der Waals surface area (Å²) in [4.78, 5) is 25.6. The van der Waals surface area contributed by atoms with E-state index in [0.29, 0.717) is 13.0 Å². The van der Waals surface area contributed by atoms with Crippen LogP contribution >= 0.6 is 0 Å². The molecule has 2 aromatic rings. The van der Waals surface area contributed by atoms with Crippen molar-refractivity contribution in [3.8, 4) is 0 Å². The third kappa shape index (κ3) is 3.65. The van der Waals surface area contributed by atoms with Gasteiger partial charge in [-0.1, -0.05) is 54.6 Å². The molecule has 1 amide bonds. The number of hydrogen-bond acceptors (Lipinski definition) is 2. The van der Waals surface area contributed by atoms with E-state index in [4.69, 9.17) is 0 Å². The van der Waals surface area contributed by atoms with Crippen molar-refractivity contribution in [1.82, 2.24) is 4.90 Å². The van der Waals surface area contributed by atoms with Crippen LogP contribution in [0, 0.1) is 0 Å². The number of aryl methyl sites for hydroxylation is 1. The molecule has 3 rings (SSSR count). The molecular formula is C20H21NO3. The van der Waals surface area contributed by atoms with Crippen LogP contribution in [-0.2, 0) is 22.4 Å². The fourth-order valence-electron chi connectivity index (χ4n) is 3.37. The van der Waals surface area contributed by atoms with E-state index in [1.165, 1.54) is 10.5 Å². The first-order chi connectivity index (χ1) is 11.6. The molecule has 0 fully saturated rings. The molecule has 2 aromatic carbocycles. The minimum atomic E-state index is -0.970. The van der Waals surface area contributed by atoms with Crippen molar-refractivity contribution in [2.75, 3.05) is 13.1 Å². The molecule has 0 radical (unpaired) electrons. The van der Waals surface area contributed by atoms with E-state index in [0.717, 1.165) is 24.0 Å². The number of aliphatic carboxylic acids is 1. The van der Waals surface area contributed by atoms with Gasteiger partial charge in [0.1, 0.15) is 6.54 Å². The van der Waals surface area contributed by atoms with Gasteiger partial charge in [0, 0.05) is 6.54 Å². The lowest BCUT2D eigenvalue weighted by Crippen LogP contribution is -2.39. The number of fused-ring (bicyclic) bond motifs is 1. The standard InChI is InChI=1S/C20H21NO3/c22-19(23)14-21(13-12-15-6-2-1-3-7-15)20(24)18-11-10-16-8-4-5-9-17(16)18/h1-9,18H,10-14H2,(H,22,23). The largest absolute Gasteiger partial charge is 0.480 e. The third-order valence-electron chi connectivity index (χ3n) is 4.58. The number of nitrogens with zero attached hydrogens (tertiary/aromatic N) is 1. The Balaban J connectivity index is 1.73. The molecule has 1 atom stereocenters. The molecule has 0 heterocycles. The molecule has 4 nitrogen and oxygen atoms in total. The van der Waals surface area contributed by atoms with E-state index in [1.54, 1.807) is 0 Å². The Hall–Kier alpha value is -2.62. The molecule has 24 heavy (non-hydrogen) atoms. The van der Waals surface area contributed by atoms with Crippen LogP contribution in [0.5, 0.6) is 0 Å². The number of hydrogen-bond donors (Lipinski definition) is 1. The quantitative estimate of drug-likeness (QED) is 0.889. The van der Waals surface area contributed by atoms with Crippen LogP contribution in [0.4, 0.5) is 0 Å². The number of carboxylic acid groups (broad SMARTS) is 1. The predicted octanol–water partition coefficient (Wildman–Crippen LogP) is 2.87. The summed E-state index contributed by atoms with van der Waals surface area (Å²) in [6, 6.07) is 17.8. The molecular weight excluding hydrogens is 302 g/mol. The molecule has 0 bridgehead atoms. The van der Waals surface area contributed by atoms with Crippen LogP contribution in [0.25, 0.3) is 0 Å². The van der Waals surface area contributed by atoms with Crippen molar-refractivity contribution < 1.29 is 14.7 Å². The van der Waals surface area contributed by atoms with Crippen molar-refractivity contribution in [3.63, 3.8) is 0 Å². The normalized spacial score (nSPS) is 15.8. The molecule has 1 aliphatic carbocycles. The highest BCUT2D eigenvalue weighted by atomic mass is 16.4. The fourth-order valence-corrected chi connectivity index (χ4v) is 3.37. The van der Waals surface area contributed by atoms with Gasteiger partial charge in [-0.25, -0.2) is 0 Å². The average molecular weight is 323 g/mol. The van der Waals surface area contributed by atoms with Crippen molar-refractivity contribution in [1.29, 1.82) is 0 Å². The van der Waals surface area contributed by atoms with Gasteiger partial charge in [0.15, 0.2) is 0 Å². The van der Waals surface area contributed by atoms with Gasteiger partial charge in [0.05, 0.1) is 5.92 Å². The highest BCUT2D eigenvalue weighted by molar-refractivity contribution is 5.87. The van der Waals surface area contributed by atoms with Gasteiger partial charge >= 0.3 is 5.97 Å². The van der Waals surface area contributed by atoms with Crippen LogP contribution in [-0.4, -0.2) is 35.0 Å². The van der Waals surface area contributed by atoms with Crippen LogP contribution in [0.2, 0.25) is 0 Å². The summed E-state index contributed by atoms with van der Waals surface area (Å²) in [6.45, 7) is 0.179. The van der Waals surface area contributed by atoms with Crippen molar-refractivity contribution >= 4 is 11.9 Å². The Labute approximate surface area is 141 Å². The summed E-state index contributed by atoms with van der Waals surface area (Å²) in [5, 5.41) is 9.17. The van der Waals surface area contributed by atoms with E-state index < -0.39 is 5.97 Å². The zero-order valence-electron chi connectivity index (χ0n) is 13.5. The number of carboxylic acids is 1. The average Bonchev–Trinajstić information content (AvgIpc) is 3.02. The summed E-state index contributed by atoms with van der Waals surface area (Å²) in [6.07, 6.45) is 2.31. The smallest absolute Gasteiger partial charge is 0.323 e. The Morgan fingerprint density at radius 3 is 2.50 bits per heavy atom. The Kier molecular flexibility index (Phi) is 4.94. The number of rotatable bonds is 6. The second kappa shape index (κ2) is 7.30. The van der Waals surface area contributed by atoms with E-state index in [9.17, 15) is 14.7 Å². The number of carbonyl (C=O) groups excluding carboxylic acids is 1. The number of benzene rings is 2. The molecule has 1 N–H and O–H groups in total. The van der Waals surface area contributed by atoms with Crippen LogP contribution in [0.3, 0.4) is 0 Å². The molecule has 124 valence electrons. The summed E-state index contributed by atoms with van der Waals surface area (Å²) in [7, 11) is 0. The van der Waals surface area contributed by atoms with Crippen molar-refractivity contribution in [2.45, 2.75) is 25.2 Å². The van der Waals surface area contributed by atoms with Gasteiger partial charge < -0.3 is 10.0 Å². The first kappa shape index (κ1) is 16.2. The first-order valence-corrected chi connectivity index (χ1v) is 8.27. The highest BCUT2D eigenvalue weighted by Gasteiger charge is 2.32. The van der Waals surface area contributed by atoms with Gasteiger partial charge in [-0.2, -0.15) is 0 Å². The van der Waals surface area contributed by atoms with Crippen LogP contribution < -0.4 is 0 Å². The Morgan fingerprint density at radius 2 is 1.75 bits per heavy atom. The minimum Gasteiger partial charge on any atom is -0.480 e. The van der Waals surface area contributed by atoms with E-state index in [1.807, 2.05) is 54.6 Å². The maximum absolute atomic E-state index is 12.9. The fraction of sp³-hybridized carbons (Fsp3) is 0.300. The van der Waals surface area contributed by atoms with E-state index >= 15 is 0 Å². The molecule has 0 aromatic heterocycles. The lowest BCUT2D eigenvalue weighted by Gasteiger charge is -2.24. The predicted molar refractivity (Wildman–Crippen MR) is 91.9 cm³/mol. The molecule has 0 aliphatic heterocycles. The van der Waals surface area contributed by atoms with Crippen LogP contribution in [0.1, 0.15) is 29.0 Å². The summed E-state index contributed by atoms with van der Waals surface area (Å²) in [5.41, 5.74) is 3.36. The first-order valence-electron chi connectivity index (χ1n) is 8.27. The van der Waals surface area contributed by atoms with E-state index in [2.05, 4.69) is 0 Å². The summed E-state index contributed by atoms with van der Waals surface area (Å²) >= 11 is 0. The summed E-state index contributed by atoms with van der Waals surface area (Å²) in [5.74, 6) is -1.25. The van der Waals surface area contributed by atoms with Gasteiger partial charge in [-0.15, -0.1) is 0 Å². The lowest BCUT2D eigenvalue weighted by atomic mass is 9.99. The third-order valence-corrected chi connectivity index (χ3v) is 4.58. The highest BCUT2D eigenvalue weighted by Crippen LogP contribution is 2.34. The van der Waals surface area contributed by atoms with Gasteiger partial charge in [0.25, 0.3) is 0 Å². The second-order valence-electron chi connectivity index (χ2n) is 6.18. The van der Waals surface area contributed by atoms with Gasteiger partial charge in [-0.05, 0) is 36.0 Å². The van der Waals surface area contributed by atoms with Gasteiger partial charge in [0.2, 0.25) is 5.91 Å². The van der Waals surface area contributed by atoms with E-state index in [-0.39, 0.29) is 18.4 Å². The molecule has 1 unspecified atom stereocenters. The SMILES string of the molecule is O=C(O)CN(CCc1ccccc1)C(=O)C1CCc2ccccc21. The number of amides is 1. The summed E-state index contributed by atoms with van der Waals surface area (Å²) < 4.78 is 0. The molecule has 4 heteroatoms. The molecule has 0 spiro atoms. The topological polar surface area (TPSA) is 57.6 Å². The minimum absolute atomic E-state index is 0.0710. The second-order valence-corrected chi connectivity index (χ2v) is 6.18. The molecule has 0 saturated carbocycles. The zero-order chi connectivity index (χ0) is 16.9. The van der Waals surface area contributed by atoms with Crippen molar-refractivity contribution in [2.24, 2.45) is 0 Å². The van der Waals surface area contributed by atoms with Crippen LogP contribution in [0.15, 0.2) is 54.6 Å². The molecule has 0 saturated heterocycles. The Bertz CT molecular complexity index is 727. The van der Waals surface area contributed by atoms with Crippen molar-refractivity contribution in [3.05, 3.63) is 71.3 Å². The van der Waals surface area contributed by atoms with Gasteiger partial charge in [-0.3, -0.25) is 9.59 Å². The monoisotopic (exact) mass is 323 g/mol. The lowest BCUT2D eigenvalue weighted by molar-refractivity contribution is -0.145. The Morgan fingerprint density at radius 1 is 1.04 bits per heavy atom. The zero-order valence-corrected chi connectivity index (χ0v) is 13.5. The molecule has 1 aliphatic rings.